The van der Waals surface area contributed by atoms with Crippen molar-refractivity contribution in [2.45, 2.75) is 19.1 Å². The number of nitrogens with one attached hydrogen (secondary N) is 2. The van der Waals surface area contributed by atoms with Gasteiger partial charge in [0.1, 0.15) is 5.75 Å². The number of hydrogen-bond acceptors (Lipinski definition) is 4. The Morgan fingerprint density at radius 3 is 2.87 bits per heavy atom. The van der Waals surface area contributed by atoms with Gasteiger partial charge < -0.3 is 20.5 Å². The van der Waals surface area contributed by atoms with E-state index in [1.165, 1.54) is 0 Å². The van der Waals surface area contributed by atoms with E-state index in [4.69, 9.17) is 9.84 Å². The summed E-state index contributed by atoms with van der Waals surface area (Å²) in [7, 11) is 0. The number of aliphatic hydroxyl groups is 1. The molecular weight excluding hydrogens is 296 g/mol. The molecule has 0 saturated carbocycles. The quantitative estimate of drug-likeness (QED) is 0.805. The molecule has 0 aromatic heterocycles. The number of amides is 2. The number of carbonyl (C=O) groups is 2. The third-order valence-corrected chi connectivity index (χ3v) is 3.47. The van der Waals surface area contributed by atoms with E-state index in [-0.39, 0.29) is 24.8 Å². The van der Waals surface area contributed by atoms with E-state index in [0.29, 0.717) is 22.7 Å². The monoisotopic (exact) mass is 312 g/mol. The van der Waals surface area contributed by atoms with Gasteiger partial charge in [-0.15, -0.1) is 0 Å². The second-order valence-corrected chi connectivity index (χ2v) is 5.20. The third kappa shape index (κ3) is 3.49. The molecule has 6 heteroatoms. The van der Waals surface area contributed by atoms with Crippen molar-refractivity contribution in [3.05, 3.63) is 54.1 Å². The van der Waals surface area contributed by atoms with Gasteiger partial charge in [0.2, 0.25) is 5.91 Å². The Kier molecular flexibility index (Phi) is 4.25. The van der Waals surface area contributed by atoms with E-state index in [0.717, 1.165) is 0 Å². The van der Waals surface area contributed by atoms with E-state index in [1.54, 1.807) is 48.5 Å². The van der Waals surface area contributed by atoms with E-state index >= 15 is 0 Å². The first-order valence-electron chi connectivity index (χ1n) is 7.22. The highest BCUT2D eigenvalue weighted by molar-refractivity contribution is 6.01. The maximum atomic E-state index is 12.1. The van der Waals surface area contributed by atoms with Crippen molar-refractivity contribution in [3.8, 4) is 5.75 Å². The van der Waals surface area contributed by atoms with Gasteiger partial charge >= 0.3 is 0 Å². The summed E-state index contributed by atoms with van der Waals surface area (Å²) >= 11 is 0. The highest BCUT2D eigenvalue weighted by Crippen LogP contribution is 2.29. The molecule has 1 atom stereocenters. The Morgan fingerprint density at radius 1 is 1.22 bits per heavy atom. The van der Waals surface area contributed by atoms with Gasteiger partial charge in [0.25, 0.3) is 5.91 Å². The van der Waals surface area contributed by atoms with E-state index < -0.39 is 6.10 Å². The Balaban J connectivity index is 1.65. The minimum absolute atomic E-state index is 0.0937. The molecule has 2 aromatic carbocycles. The molecule has 0 spiro atoms. The lowest BCUT2D eigenvalue weighted by atomic mass is 10.1. The van der Waals surface area contributed by atoms with Gasteiger partial charge in [-0.05, 0) is 29.8 Å². The van der Waals surface area contributed by atoms with Crippen molar-refractivity contribution in [1.29, 1.82) is 0 Å². The van der Waals surface area contributed by atoms with Gasteiger partial charge in [0.05, 0.1) is 18.7 Å². The summed E-state index contributed by atoms with van der Waals surface area (Å²) in [6.07, 6.45) is -0.963. The second-order valence-electron chi connectivity index (χ2n) is 5.20. The first kappa shape index (κ1) is 15.1. The van der Waals surface area contributed by atoms with Crippen LogP contribution in [0.3, 0.4) is 0 Å². The summed E-state index contributed by atoms with van der Waals surface area (Å²) in [5.74, 6) is -0.130. The van der Waals surface area contributed by atoms with Crippen molar-refractivity contribution in [1.82, 2.24) is 0 Å². The largest absolute Gasteiger partial charge is 0.478 e. The zero-order chi connectivity index (χ0) is 16.2. The minimum atomic E-state index is -0.870. The number of carbonyl (C=O) groups excluding carboxylic acids is 2. The second kappa shape index (κ2) is 6.50. The molecule has 0 aliphatic carbocycles. The fourth-order valence-corrected chi connectivity index (χ4v) is 2.35. The Morgan fingerprint density at radius 2 is 2.04 bits per heavy atom. The van der Waals surface area contributed by atoms with Crippen molar-refractivity contribution < 1.29 is 19.4 Å². The molecule has 2 aromatic rings. The summed E-state index contributed by atoms with van der Waals surface area (Å²) in [6, 6.07) is 14.0. The number of fused-ring (bicyclic) bond motifs is 1. The van der Waals surface area contributed by atoms with Crippen molar-refractivity contribution in [2.24, 2.45) is 0 Å². The van der Waals surface area contributed by atoms with Crippen LogP contribution in [0.25, 0.3) is 0 Å². The van der Waals surface area contributed by atoms with E-state index in [9.17, 15) is 9.59 Å². The fourth-order valence-electron chi connectivity index (χ4n) is 2.35. The first-order chi connectivity index (χ1) is 11.2. The Hall–Kier alpha value is -2.86. The number of aliphatic hydroxyl groups excluding tert-OH is 1. The molecule has 3 N–H and O–H groups in total. The molecular formula is C17H16N2O4. The van der Waals surface area contributed by atoms with Crippen LogP contribution in [-0.2, 0) is 16.2 Å². The molecule has 118 valence electrons. The average Bonchev–Trinajstić information content (AvgIpc) is 2.55. The molecule has 1 aliphatic heterocycles. The number of ether oxygens (including phenoxy) is 1. The Bertz CT molecular complexity index is 745. The number of hydrogen-bond donors (Lipinski definition) is 3. The zero-order valence-electron chi connectivity index (χ0n) is 12.3. The highest BCUT2D eigenvalue weighted by Gasteiger charge is 2.29. The number of benzene rings is 2. The van der Waals surface area contributed by atoms with Crippen LogP contribution in [0.4, 0.5) is 11.4 Å². The van der Waals surface area contributed by atoms with Gasteiger partial charge in [-0.2, -0.15) is 0 Å². The Labute approximate surface area is 133 Å². The highest BCUT2D eigenvalue weighted by atomic mass is 16.5. The number of anilines is 2. The maximum Gasteiger partial charge on any atom is 0.266 e. The lowest BCUT2D eigenvalue weighted by molar-refractivity contribution is -0.128. The van der Waals surface area contributed by atoms with Gasteiger partial charge in [0, 0.05) is 5.69 Å². The fraction of sp³-hybridized carbons (Fsp3) is 0.176. The summed E-state index contributed by atoms with van der Waals surface area (Å²) in [6.45, 7) is -0.103. The third-order valence-electron chi connectivity index (χ3n) is 3.47. The van der Waals surface area contributed by atoms with Crippen LogP contribution in [0.5, 0.6) is 5.75 Å². The van der Waals surface area contributed by atoms with Crippen molar-refractivity contribution in [3.63, 3.8) is 0 Å². The van der Waals surface area contributed by atoms with E-state index in [1.807, 2.05) is 0 Å². The molecule has 0 bridgehead atoms. The summed E-state index contributed by atoms with van der Waals surface area (Å²) in [4.78, 5) is 24.1. The van der Waals surface area contributed by atoms with Gasteiger partial charge in [0.15, 0.2) is 6.10 Å². The predicted molar refractivity (Wildman–Crippen MR) is 85.1 cm³/mol. The molecule has 0 radical (unpaired) electrons. The normalized spacial score (nSPS) is 16.0. The van der Waals surface area contributed by atoms with Crippen LogP contribution < -0.4 is 15.4 Å². The van der Waals surface area contributed by atoms with Gasteiger partial charge in [-0.3, -0.25) is 9.59 Å². The van der Waals surface area contributed by atoms with E-state index in [2.05, 4.69) is 10.6 Å². The number of para-hydroxylation sites is 2. The smallest absolute Gasteiger partial charge is 0.266 e. The molecule has 6 nitrogen and oxygen atoms in total. The van der Waals surface area contributed by atoms with Crippen LogP contribution >= 0.6 is 0 Å². The van der Waals surface area contributed by atoms with Crippen LogP contribution in [0.15, 0.2) is 48.5 Å². The van der Waals surface area contributed by atoms with Crippen molar-refractivity contribution >= 4 is 23.2 Å². The first-order valence-corrected chi connectivity index (χ1v) is 7.22. The van der Waals surface area contributed by atoms with Crippen LogP contribution in [0.2, 0.25) is 0 Å². The topological polar surface area (TPSA) is 87.7 Å². The molecule has 0 fully saturated rings. The summed E-state index contributed by atoms with van der Waals surface area (Å²) < 4.78 is 5.58. The minimum Gasteiger partial charge on any atom is -0.478 e. The summed E-state index contributed by atoms with van der Waals surface area (Å²) in [5.41, 5.74) is 1.87. The van der Waals surface area contributed by atoms with Crippen LogP contribution in [0.1, 0.15) is 12.0 Å². The molecule has 1 heterocycles. The average molecular weight is 312 g/mol. The standard InChI is InChI=1S/C17H16N2O4/c20-10-11-4-3-5-12(8-11)18-16(21)9-15-17(22)19-13-6-1-2-7-14(13)23-15/h1-8,15,20H,9-10H2,(H,18,21)(H,19,22)/t15-/m0/s1. The number of rotatable bonds is 4. The maximum absolute atomic E-state index is 12.1. The van der Waals surface area contributed by atoms with Crippen LogP contribution in [-0.4, -0.2) is 23.0 Å². The molecule has 2 amide bonds. The zero-order valence-corrected chi connectivity index (χ0v) is 12.3. The SMILES string of the molecule is O=C(C[C@@H]1Oc2ccccc2NC1=O)Nc1cccc(CO)c1. The van der Waals surface area contributed by atoms with Gasteiger partial charge in [-0.1, -0.05) is 24.3 Å². The molecule has 3 rings (SSSR count). The molecule has 0 unspecified atom stereocenters. The van der Waals surface area contributed by atoms with Crippen molar-refractivity contribution in [2.75, 3.05) is 10.6 Å². The van der Waals surface area contributed by atoms with Crippen LogP contribution in [0, 0.1) is 0 Å². The molecule has 0 saturated heterocycles. The van der Waals surface area contributed by atoms with Gasteiger partial charge in [-0.25, -0.2) is 0 Å². The molecule has 23 heavy (non-hydrogen) atoms. The molecule has 1 aliphatic rings. The predicted octanol–water partition coefficient (Wildman–Crippen LogP) is 1.91. The lowest BCUT2D eigenvalue weighted by Gasteiger charge is -2.25. The lowest BCUT2D eigenvalue weighted by Crippen LogP contribution is -2.39. The summed E-state index contributed by atoms with van der Waals surface area (Å²) in [5, 5.41) is 14.5.